The monoisotopic (exact) mass is 531 g/mol. The fourth-order valence-corrected chi connectivity index (χ4v) is 3.53. The minimum Gasteiger partial charge on any atom is -0.492 e. The molecule has 0 aliphatic carbocycles. The van der Waals surface area contributed by atoms with Crippen molar-refractivity contribution in [2.24, 2.45) is 4.99 Å². The number of aromatic nitrogens is 1. The lowest BCUT2D eigenvalue weighted by Crippen LogP contribution is -2.37. The molecule has 1 heterocycles. The number of ether oxygens (including phenoxy) is 1. The lowest BCUT2D eigenvalue weighted by atomic mass is 10.2. The number of benzene rings is 1. The third-order valence-corrected chi connectivity index (χ3v) is 5.45. The Balaban J connectivity index is 0.00000420. The van der Waals surface area contributed by atoms with E-state index in [1.807, 2.05) is 18.3 Å². The van der Waals surface area contributed by atoms with Gasteiger partial charge in [0.2, 0.25) is 0 Å². The molecule has 0 atom stereocenters. The van der Waals surface area contributed by atoms with E-state index in [-0.39, 0.29) is 24.0 Å². The predicted molar refractivity (Wildman–Crippen MR) is 134 cm³/mol. The first-order chi connectivity index (χ1) is 13.6. The van der Waals surface area contributed by atoms with Crippen LogP contribution >= 0.6 is 35.3 Å². The summed E-state index contributed by atoms with van der Waals surface area (Å²) in [6, 6.07) is 8.23. The molecule has 0 aliphatic heterocycles. The van der Waals surface area contributed by atoms with E-state index >= 15 is 0 Å². The maximum atomic E-state index is 5.84. The van der Waals surface area contributed by atoms with Crippen LogP contribution in [0.3, 0.4) is 0 Å². The van der Waals surface area contributed by atoms with Crippen LogP contribution in [0.15, 0.2) is 35.5 Å². The number of rotatable bonds is 11. The molecule has 0 amide bonds. The van der Waals surface area contributed by atoms with Crippen LogP contribution in [0.4, 0.5) is 0 Å². The second kappa shape index (κ2) is 14.6. The predicted octanol–water partition coefficient (Wildman–Crippen LogP) is 3.70. The van der Waals surface area contributed by atoms with Crippen molar-refractivity contribution in [1.82, 2.24) is 20.5 Å². The second-order valence-electron chi connectivity index (χ2n) is 6.49. The van der Waals surface area contributed by atoms with E-state index in [4.69, 9.17) is 4.74 Å². The molecular formula is C21H34IN5OS. The van der Waals surface area contributed by atoms with Crippen molar-refractivity contribution >= 4 is 41.3 Å². The lowest BCUT2D eigenvalue weighted by Gasteiger charge is -2.18. The summed E-state index contributed by atoms with van der Waals surface area (Å²) in [6.45, 7) is 11.8. The molecule has 0 bridgehead atoms. The summed E-state index contributed by atoms with van der Waals surface area (Å²) >= 11 is 1.74. The Morgan fingerprint density at radius 2 is 1.90 bits per heavy atom. The van der Waals surface area contributed by atoms with Gasteiger partial charge in [-0.1, -0.05) is 26.0 Å². The van der Waals surface area contributed by atoms with Gasteiger partial charge in [0, 0.05) is 44.2 Å². The van der Waals surface area contributed by atoms with E-state index < -0.39 is 0 Å². The van der Waals surface area contributed by atoms with Crippen molar-refractivity contribution in [2.75, 3.05) is 39.8 Å². The molecule has 29 heavy (non-hydrogen) atoms. The quantitative estimate of drug-likeness (QED) is 0.263. The van der Waals surface area contributed by atoms with Crippen molar-refractivity contribution < 1.29 is 4.74 Å². The molecule has 0 radical (unpaired) electrons. The smallest absolute Gasteiger partial charge is 0.191 e. The van der Waals surface area contributed by atoms with Gasteiger partial charge in [0.15, 0.2) is 5.96 Å². The van der Waals surface area contributed by atoms with Crippen LogP contribution in [0.5, 0.6) is 5.75 Å². The van der Waals surface area contributed by atoms with Crippen LogP contribution in [0.2, 0.25) is 0 Å². The average molecular weight is 532 g/mol. The molecule has 2 rings (SSSR count). The SMILES string of the molecule is CCN(CC)CCOc1ccc(CNC(=NC)NCCc2ncc(C)s2)cc1.I. The van der Waals surface area contributed by atoms with E-state index in [1.54, 1.807) is 18.4 Å². The van der Waals surface area contributed by atoms with Crippen LogP contribution < -0.4 is 15.4 Å². The summed E-state index contributed by atoms with van der Waals surface area (Å²) in [5.74, 6) is 1.71. The van der Waals surface area contributed by atoms with Gasteiger partial charge in [0.1, 0.15) is 12.4 Å². The number of thiazole rings is 1. The zero-order valence-corrected chi connectivity index (χ0v) is 21.0. The lowest BCUT2D eigenvalue weighted by molar-refractivity contribution is 0.223. The zero-order chi connectivity index (χ0) is 20.2. The highest BCUT2D eigenvalue weighted by Gasteiger charge is 2.03. The van der Waals surface area contributed by atoms with E-state index in [9.17, 15) is 0 Å². The Morgan fingerprint density at radius 1 is 1.17 bits per heavy atom. The summed E-state index contributed by atoms with van der Waals surface area (Å²) in [5, 5.41) is 7.83. The molecule has 6 nitrogen and oxygen atoms in total. The number of likely N-dealkylation sites (N-methyl/N-ethyl adjacent to an activating group) is 1. The fraction of sp³-hybridized carbons (Fsp3) is 0.524. The van der Waals surface area contributed by atoms with Crippen molar-refractivity contribution in [3.63, 3.8) is 0 Å². The van der Waals surface area contributed by atoms with Gasteiger partial charge >= 0.3 is 0 Å². The third kappa shape index (κ3) is 9.77. The van der Waals surface area contributed by atoms with E-state index in [0.29, 0.717) is 6.61 Å². The molecule has 0 spiro atoms. The highest BCUT2D eigenvalue weighted by Crippen LogP contribution is 2.12. The van der Waals surface area contributed by atoms with Crippen molar-refractivity contribution in [3.8, 4) is 5.75 Å². The van der Waals surface area contributed by atoms with Crippen LogP contribution in [0.25, 0.3) is 0 Å². The van der Waals surface area contributed by atoms with Gasteiger partial charge in [-0.3, -0.25) is 4.99 Å². The summed E-state index contributed by atoms with van der Waals surface area (Å²) in [4.78, 5) is 12.3. The number of aliphatic imine (C=N–C) groups is 1. The molecule has 1 aromatic carbocycles. The molecule has 2 aromatic rings. The van der Waals surface area contributed by atoms with E-state index in [2.05, 4.69) is 58.4 Å². The molecule has 162 valence electrons. The van der Waals surface area contributed by atoms with Gasteiger partial charge in [0.25, 0.3) is 0 Å². The summed E-state index contributed by atoms with van der Waals surface area (Å²) in [7, 11) is 1.79. The molecule has 1 aromatic heterocycles. The van der Waals surface area contributed by atoms with E-state index in [1.165, 1.54) is 10.4 Å². The number of aryl methyl sites for hydroxylation is 1. The number of halogens is 1. The van der Waals surface area contributed by atoms with Gasteiger partial charge < -0.3 is 20.3 Å². The van der Waals surface area contributed by atoms with Gasteiger partial charge in [-0.15, -0.1) is 35.3 Å². The van der Waals surface area contributed by atoms with Gasteiger partial charge in [-0.2, -0.15) is 0 Å². The Morgan fingerprint density at radius 3 is 2.48 bits per heavy atom. The molecular weight excluding hydrogens is 497 g/mol. The van der Waals surface area contributed by atoms with Crippen molar-refractivity contribution in [1.29, 1.82) is 0 Å². The number of hydrogen-bond donors (Lipinski definition) is 2. The molecule has 0 saturated carbocycles. The largest absolute Gasteiger partial charge is 0.492 e. The maximum absolute atomic E-state index is 5.84. The number of guanidine groups is 1. The molecule has 8 heteroatoms. The summed E-state index contributed by atoms with van der Waals surface area (Å²) in [6.07, 6.45) is 2.82. The Bertz CT molecular complexity index is 716. The summed E-state index contributed by atoms with van der Waals surface area (Å²) < 4.78 is 5.84. The Labute approximate surface area is 196 Å². The first-order valence-electron chi connectivity index (χ1n) is 9.94. The summed E-state index contributed by atoms with van der Waals surface area (Å²) in [5.41, 5.74) is 1.19. The standard InChI is InChI=1S/C21H33N5OS.HI/c1-5-26(6-2)13-14-27-19-9-7-18(8-10-19)16-25-21(22-4)23-12-11-20-24-15-17(3)28-20;/h7-10,15H,5-6,11-14,16H2,1-4H3,(H2,22,23,25);1H. The molecule has 0 aliphatic rings. The highest BCUT2D eigenvalue weighted by molar-refractivity contribution is 14.0. The minimum atomic E-state index is 0. The van der Waals surface area contributed by atoms with Crippen molar-refractivity contribution in [3.05, 3.63) is 45.9 Å². The van der Waals surface area contributed by atoms with Crippen LogP contribution in [0.1, 0.15) is 29.3 Å². The minimum absolute atomic E-state index is 0. The molecule has 0 saturated heterocycles. The van der Waals surface area contributed by atoms with Crippen LogP contribution in [0, 0.1) is 6.92 Å². The molecule has 0 unspecified atom stereocenters. The average Bonchev–Trinajstić information content (AvgIpc) is 3.14. The zero-order valence-electron chi connectivity index (χ0n) is 17.9. The number of nitrogens with zero attached hydrogens (tertiary/aromatic N) is 3. The Hall–Kier alpha value is -1.39. The van der Waals surface area contributed by atoms with Crippen LogP contribution in [-0.4, -0.2) is 55.7 Å². The Kier molecular flexibility index (Phi) is 12.9. The topological polar surface area (TPSA) is 61.8 Å². The first-order valence-corrected chi connectivity index (χ1v) is 10.8. The van der Waals surface area contributed by atoms with Gasteiger partial charge in [-0.25, -0.2) is 4.98 Å². The van der Waals surface area contributed by atoms with Crippen molar-refractivity contribution in [2.45, 2.75) is 33.7 Å². The van der Waals surface area contributed by atoms with Gasteiger partial charge in [-0.05, 0) is 37.7 Å². The number of nitrogens with one attached hydrogen (secondary N) is 2. The first kappa shape index (κ1) is 25.6. The number of hydrogen-bond acceptors (Lipinski definition) is 5. The third-order valence-electron chi connectivity index (χ3n) is 4.48. The molecule has 2 N–H and O–H groups in total. The fourth-order valence-electron chi connectivity index (χ4n) is 2.75. The normalized spacial score (nSPS) is 11.3. The van der Waals surface area contributed by atoms with Crippen LogP contribution in [-0.2, 0) is 13.0 Å². The maximum Gasteiger partial charge on any atom is 0.191 e. The van der Waals surface area contributed by atoms with Gasteiger partial charge in [0.05, 0.1) is 5.01 Å². The highest BCUT2D eigenvalue weighted by atomic mass is 127. The van der Waals surface area contributed by atoms with E-state index in [0.717, 1.165) is 55.9 Å². The second-order valence-corrected chi connectivity index (χ2v) is 7.81. The molecule has 0 fully saturated rings.